The number of methoxy groups -OCH3 is 2. The quantitative estimate of drug-likeness (QED) is 0.681. The van der Waals surface area contributed by atoms with Crippen LogP contribution >= 0.6 is 0 Å². The fourth-order valence-corrected chi connectivity index (χ4v) is 3.68. The molecule has 0 fully saturated rings. The highest BCUT2D eigenvalue weighted by Gasteiger charge is 2.21. The van der Waals surface area contributed by atoms with Crippen LogP contribution in [-0.2, 0) is 16.9 Å². The number of aromatic amines is 1. The van der Waals surface area contributed by atoms with E-state index in [0.29, 0.717) is 52.6 Å². The predicted octanol–water partition coefficient (Wildman–Crippen LogP) is 2.05. The lowest BCUT2D eigenvalue weighted by atomic mass is 10.2. The Kier molecular flexibility index (Phi) is 4.48. The molecule has 1 N–H and O–H groups in total. The number of fused-ring (bicyclic) bond motifs is 2. The molecule has 0 bridgehead atoms. The zero-order valence-corrected chi connectivity index (χ0v) is 15.1. The average Bonchev–Trinajstić information content (AvgIpc) is 3.09. The lowest BCUT2D eigenvalue weighted by Gasteiger charge is -2.17. The van der Waals surface area contributed by atoms with Gasteiger partial charge < -0.3 is 23.5 Å². The molecule has 1 atom stereocenters. The van der Waals surface area contributed by atoms with Crippen molar-refractivity contribution >= 4 is 22.2 Å². The lowest BCUT2D eigenvalue weighted by Crippen LogP contribution is -2.15. The van der Waals surface area contributed by atoms with Crippen molar-refractivity contribution in [1.29, 1.82) is 0 Å². The number of H-pyrrole nitrogens is 1. The summed E-state index contributed by atoms with van der Waals surface area (Å²) in [5.41, 5.74) is 2.04. The van der Waals surface area contributed by atoms with Crippen LogP contribution in [0.1, 0.15) is 5.69 Å². The molecule has 1 aliphatic rings. The molecule has 2 aromatic heterocycles. The van der Waals surface area contributed by atoms with Crippen molar-refractivity contribution < 1.29 is 23.5 Å². The molecule has 0 saturated carbocycles. The highest BCUT2D eigenvalue weighted by atomic mass is 32.2. The standard InChI is InChI=1S/C17H17N3O5S/c1-22-13-5-10(18-8-16(13)23-2)9-26(21)17-19-11-6-14-15(7-12(11)20-17)25-4-3-24-14/h5-8H,3-4,9H2,1-2H3,(H,19,20). The maximum absolute atomic E-state index is 12.7. The first-order valence-corrected chi connectivity index (χ1v) is 9.24. The van der Waals surface area contributed by atoms with Crippen molar-refractivity contribution in [2.75, 3.05) is 27.4 Å². The van der Waals surface area contributed by atoms with Crippen molar-refractivity contribution in [1.82, 2.24) is 15.0 Å². The molecule has 136 valence electrons. The van der Waals surface area contributed by atoms with Gasteiger partial charge in [0, 0.05) is 29.4 Å². The Bertz CT molecular complexity index is 903. The zero-order valence-electron chi connectivity index (χ0n) is 14.3. The third-order valence-electron chi connectivity index (χ3n) is 3.95. The summed E-state index contributed by atoms with van der Waals surface area (Å²) in [6.07, 6.45) is 1.55. The molecule has 0 spiro atoms. The van der Waals surface area contributed by atoms with Crippen LogP contribution in [0.2, 0.25) is 0 Å². The number of nitrogens with one attached hydrogen (secondary N) is 1. The van der Waals surface area contributed by atoms with Crippen LogP contribution in [0.15, 0.2) is 29.6 Å². The van der Waals surface area contributed by atoms with Crippen molar-refractivity contribution in [2.45, 2.75) is 10.9 Å². The number of imidazole rings is 1. The van der Waals surface area contributed by atoms with Crippen molar-refractivity contribution in [2.24, 2.45) is 0 Å². The van der Waals surface area contributed by atoms with Gasteiger partial charge in [-0.2, -0.15) is 4.98 Å². The van der Waals surface area contributed by atoms with Gasteiger partial charge in [-0.15, -0.1) is 0 Å². The third kappa shape index (κ3) is 3.11. The molecule has 1 unspecified atom stereocenters. The Morgan fingerprint density at radius 3 is 2.58 bits per heavy atom. The second kappa shape index (κ2) is 6.93. The highest BCUT2D eigenvalue weighted by molar-refractivity contribution is 7.90. The SMILES string of the molecule is COc1cnc(C[S+]([O-])c2nc3cc4c(cc3[nH]2)OCCO4)cc1OC. The van der Waals surface area contributed by atoms with Crippen molar-refractivity contribution in [3.05, 3.63) is 30.1 Å². The molecular formula is C17H17N3O5S. The molecular weight excluding hydrogens is 358 g/mol. The van der Waals surface area contributed by atoms with Crippen LogP contribution < -0.4 is 18.9 Å². The molecule has 4 rings (SSSR count). The summed E-state index contributed by atoms with van der Waals surface area (Å²) in [5, 5.41) is 0.374. The van der Waals surface area contributed by atoms with Crippen LogP contribution in [0.25, 0.3) is 11.0 Å². The minimum Gasteiger partial charge on any atom is -0.609 e. The van der Waals surface area contributed by atoms with E-state index < -0.39 is 11.2 Å². The van der Waals surface area contributed by atoms with Gasteiger partial charge in [0.05, 0.1) is 37.1 Å². The normalized spacial score (nSPS) is 14.3. The van der Waals surface area contributed by atoms with Crippen LogP contribution in [0.4, 0.5) is 0 Å². The highest BCUT2D eigenvalue weighted by Crippen LogP contribution is 2.34. The van der Waals surface area contributed by atoms with Crippen LogP contribution in [0.5, 0.6) is 23.0 Å². The second-order valence-electron chi connectivity index (χ2n) is 5.58. The molecule has 26 heavy (non-hydrogen) atoms. The van der Waals surface area contributed by atoms with Crippen molar-refractivity contribution in [3.8, 4) is 23.0 Å². The van der Waals surface area contributed by atoms with Gasteiger partial charge in [-0.25, -0.2) is 0 Å². The molecule has 1 aliphatic heterocycles. The van der Waals surface area contributed by atoms with Crippen molar-refractivity contribution in [3.63, 3.8) is 0 Å². The van der Waals surface area contributed by atoms with Gasteiger partial charge >= 0.3 is 5.16 Å². The number of pyridine rings is 1. The molecule has 3 aromatic rings. The number of hydrogen-bond donors (Lipinski definition) is 1. The van der Waals surface area contributed by atoms with Crippen LogP contribution in [-0.4, -0.2) is 46.9 Å². The van der Waals surface area contributed by atoms with Gasteiger partial charge in [0.1, 0.15) is 13.2 Å². The van der Waals surface area contributed by atoms with Gasteiger partial charge in [-0.05, 0) is 0 Å². The minimum absolute atomic E-state index is 0.201. The summed E-state index contributed by atoms with van der Waals surface area (Å²) in [5.74, 6) is 2.57. The van der Waals surface area contributed by atoms with Gasteiger partial charge in [0.15, 0.2) is 28.8 Å². The molecule has 0 aliphatic carbocycles. The molecule has 0 saturated heterocycles. The van der Waals surface area contributed by atoms with E-state index in [1.165, 1.54) is 0 Å². The van der Waals surface area contributed by atoms with Gasteiger partial charge in [-0.1, -0.05) is 0 Å². The summed E-state index contributed by atoms with van der Waals surface area (Å²) in [4.78, 5) is 11.8. The smallest absolute Gasteiger partial charge is 0.322 e. The molecule has 3 heterocycles. The fraction of sp³-hybridized carbons (Fsp3) is 0.294. The van der Waals surface area contributed by atoms with E-state index in [4.69, 9.17) is 18.9 Å². The van der Waals surface area contributed by atoms with E-state index in [1.807, 2.05) is 6.07 Å². The summed E-state index contributed by atoms with van der Waals surface area (Å²) < 4.78 is 34.2. The first-order chi connectivity index (χ1) is 12.7. The monoisotopic (exact) mass is 375 g/mol. The van der Waals surface area contributed by atoms with E-state index in [9.17, 15) is 4.55 Å². The number of benzene rings is 1. The Morgan fingerprint density at radius 2 is 1.85 bits per heavy atom. The van der Waals surface area contributed by atoms with E-state index in [-0.39, 0.29) is 5.75 Å². The fourth-order valence-electron chi connectivity index (χ4n) is 2.69. The zero-order chi connectivity index (χ0) is 18.1. The van der Waals surface area contributed by atoms with Crippen LogP contribution in [0.3, 0.4) is 0 Å². The topological polar surface area (TPSA) is 102 Å². The largest absolute Gasteiger partial charge is 0.609 e. The number of hydrogen-bond acceptors (Lipinski definition) is 7. The Balaban J connectivity index is 1.59. The molecule has 1 aromatic carbocycles. The van der Waals surface area contributed by atoms with E-state index >= 15 is 0 Å². The van der Waals surface area contributed by atoms with E-state index in [0.717, 1.165) is 5.52 Å². The first kappa shape index (κ1) is 16.8. The van der Waals surface area contributed by atoms with Gasteiger partial charge in [0.25, 0.3) is 0 Å². The minimum atomic E-state index is -1.39. The Morgan fingerprint density at radius 1 is 1.12 bits per heavy atom. The molecule has 8 nitrogen and oxygen atoms in total. The number of ether oxygens (including phenoxy) is 4. The first-order valence-electron chi connectivity index (χ1n) is 7.92. The number of rotatable bonds is 5. The van der Waals surface area contributed by atoms with E-state index in [1.54, 1.807) is 32.5 Å². The third-order valence-corrected chi connectivity index (χ3v) is 5.13. The Hall–Kier alpha value is -2.65. The maximum Gasteiger partial charge on any atom is 0.322 e. The van der Waals surface area contributed by atoms with Gasteiger partial charge in [0.2, 0.25) is 0 Å². The summed E-state index contributed by atoms with van der Waals surface area (Å²) >= 11 is -1.39. The van der Waals surface area contributed by atoms with E-state index in [2.05, 4.69) is 15.0 Å². The molecule has 9 heteroatoms. The summed E-state index contributed by atoms with van der Waals surface area (Å²) in [6, 6.07) is 5.31. The summed E-state index contributed by atoms with van der Waals surface area (Å²) in [7, 11) is 3.09. The predicted molar refractivity (Wildman–Crippen MR) is 94.5 cm³/mol. The summed E-state index contributed by atoms with van der Waals surface area (Å²) in [6.45, 7) is 1.02. The lowest BCUT2D eigenvalue weighted by molar-refractivity contribution is 0.172. The average molecular weight is 375 g/mol. The van der Waals surface area contributed by atoms with Crippen LogP contribution in [0, 0.1) is 0 Å². The second-order valence-corrected chi connectivity index (χ2v) is 6.94. The molecule has 0 radical (unpaired) electrons. The number of nitrogens with zero attached hydrogens (tertiary/aromatic N) is 2. The Labute approximate surface area is 152 Å². The molecule has 0 amide bonds. The number of aromatic nitrogens is 3. The van der Waals surface area contributed by atoms with Gasteiger partial charge in [-0.3, -0.25) is 9.97 Å². The maximum atomic E-state index is 12.7.